The monoisotopic (exact) mass is 286 g/mol. The average Bonchev–Trinajstić information content (AvgIpc) is 2.65. The first-order valence-corrected chi connectivity index (χ1v) is 7.40. The van der Waals surface area contributed by atoms with Crippen LogP contribution < -0.4 is 10.6 Å². The number of benzene rings is 2. The van der Waals surface area contributed by atoms with Gasteiger partial charge in [0.05, 0.1) is 10.7 Å². The molecule has 0 radical (unpaired) electrons. The van der Waals surface area contributed by atoms with E-state index in [1.807, 2.05) is 12.1 Å². The molecule has 1 heterocycles. The number of nitrogens with zero attached hydrogens (tertiary/aromatic N) is 1. The lowest BCUT2D eigenvalue weighted by molar-refractivity contribution is 0.764. The second kappa shape index (κ2) is 5.37. The highest BCUT2D eigenvalue weighted by Gasteiger charge is 2.16. The minimum absolute atomic E-state index is 0.642. The van der Waals surface area contributed by atoms with E-state index in [9.17, 15) is 0 Å². The van der Waals surface area contributed by atoms with Gasteiger partial charge in [0.1, 0.15) is 0 Å². The van der Waals surface area contributed by atoms with Gasteiger partial charge in [0.25, 0.3) is 0 Å². The van der Waals surface area contributed by atoms with E-state index in [-0.39, 0.29) is 0 Å². The molecule has 3 heteroatoms. The van der Waals surface area contributed by atoms with Crippen molar-refractivity contribution in [2.75, 3.05) is 17.2 Å². The fourth-order valence-corrected chi connectivity index (χ4v) is 3.10. The molecular weight excluding hydrogens is 268 g/mol. The van der Waals surface area contributed by atoms with Gasteiger partial charge < -0.3 is 10.6 Å². The molecule has 2 aromatic carbocycles. The summed E-state index contributed by atoms with van der Waals surface area (Å²) in [7, 11) is 0. The van der Waals surface area contributed by atoms with Crippen molar-refractivity contribution >= 4 is 23.0 Å². The van der Waals surface area contributed by atoms with Crippen LogP contribution in [0, 0.1) is 6.92 Å². The van der Waals surface area contributed by atoms with Gasteiger partial charge in [-0.25, -0.2) is 0 Å². The van der Waals surface area contributed by atoms with Crippen LogP contribution in [0.25, 0.3) is 0 Å². The molecule has 2 aromatic rings. The van der Waals surface area contributed by atoms with Crippen molar-refractivity contribution in [3.05, 3.63) is 58.1 Å². The molecule has 1 aliphatic heterocycles. The molecule has 0 fully saturated rings. The summed E-state index contributed by atoms with van der Waals surface area (Å²) in [6.45, 7) is 4.09. The topological polar surface area (TPSA) is 29.3 Å². The highest BCUT2D eigenvalue weighted by Crippen LogP contribution is 2.32. The zero-order valence-corrected chi connectivity index (χ0v) is 12.5. The molecule has 0 saturated carbocycles. The molecule has 20 heavy (non-hydrogen) atoms. The Morgan fingerprint density at radius 1 is 1.15 bits per heavy atom. The zero-order chi connectivity index (χ0) is 14.1. The van der Waals surface area contributed by atoms with Crippen LogP contribution in [-0.4, -0.2) is 6.54 Å². The largest absolute Gasteiger partial charge is 0.398 e. The van der Waals surface area contributed by atoms with E-state index in [0.29, 0.717) is 10.7 Å². The lowest BCUT2D eigenvalue weighted by atomic mass is 10.0. The molecule has 104 valence electrons. The van der Waals surface area contributed by atoms with Crippen molar-refractivity contribution in [1.29, 1.82) is 0 Å². The molecule has 0 unspecified atom stereocenters. The fourth-order valence-electron chi connectivity index (χ4n) is 2.94. The Labute approximate surface area is 125 Å². The van der Waals surface area contributed by atoms with Crippen LogP contribution in [0.4, 0.5) is 11.4 Å². The van der Waals surface area contributed by atoms with E-state index in [4.69, 9.17) is 17.3 Å². The predicted octanol–water partition coefficient (Wildman–Crippen LogP) is 4.18. The van der Waals surface area contributed by atoms with Crippen LogP contribution >= 0.6 is 11.6 Å². The number of fused-ring (bicyclic) bond motifs is 1. The summed E-state index contributed by atoms with van der Waals surface area (Å²) in [4.78, 5) is 2.41. The minimum Gasteiger partial charge on any atom is -0.398 e. The summed E-state index contributed by atoms with van der Waals surface area (Å²) >= 11 is 6.19. The predicted molar refractivity (Wildman–Crippen MR) is 86.4 cm³/mol. The summed E-state index contributed by atoms with van der Waals surface area (Å²) in [5.74, 6) is 0. The molecule has 3 rings (SSSR count). The third-order valence-corrected chi connectivity index (χ3v) is 4.34. The maximum absolute atomic E-state index is 6.19. The van der Waals surface area contributed by atoms with Crippen LogP contribution in [0.15, 0.2) is 36.4 Å². The number of halogens is 1. The van der Waals surface area contributed by atoms with Gasteiger partial charge in [-0.1, -0.05) is 35.9 Å². The van der Waals surface area contributed by atoms with Crippen molar-refractivity contribution in [3.63, 3.8) is 0 Å². The van der Waals surface area contributed by atoms with E-state index in [0.717, 1.165) is 19.5 Å². The molecule has 0 spiro atoms. The highest BCUT2D eigenvalue weighted by molar-refractivity contribution is 6.33. The first-order valence-electron chi connectivity index (χ1n) is 7.02. The smallest absolute Gasteiger partial charge is 0.0656 e. The van der Waals surface area contributed by atoms with Crippen molar-refractivity contribution in [2.45, 2.75) is 26.3 Å². The number of nitrogen functional groups attached to an aromatic ring is 1. The molecule has 0 atom stereocenters. The SMILES string of the molecule is Cc1cc(N)c(Cl)cc1N1CCCc2ccccc2C1. The first-order chi connectivity index (χ1) is 9.65. The minimum atomic E-state index is 0.642. The van der Waals surface area contributed by atoms with Crippen molar-refractivity contribution in [1.82, 2.24) is 0 Å². The normalized spacial score (nSPS) is 14.8. The van der Waals surface area contributed by atoms with E-state index < -0.39 is 0 Å². The standard InChI is InChI=1S/C17H19ClN2/c1-12-9-16(19)15(18)10-17(12)20-8-4-7-13-5-2-3-6-14(13)11-20/h2-3,5-6,9-10H,4,7-8,11,19H2,1H3. The van der Waals surface area contributed by atoms with Gasteiger partial charge in [-0.05, 0) is 48.6 Å². The van der Waals surface area contributed by atoms with Gasteiger partial charge >= 0.3 is 0 Å². The van der Waals surface area contributed by atoms with Gasteiger partial charge in [0.2, 0.25) is 0 Å². The Bertz CT molecular complexity index is 637. The third kappa shape index (κ3) is 2.48. The van der Waals surface area contributed by atoms with Gasteiger partial charge in [0, 0.05) is 18.8 Å². The molecule has 2 nitrogen and oxygen atoms in total. The number of anilines is 2. The summed E-state index contributed by atoms with van der Waals surface area (Å²) in [6, 6.07) is 12.7. The number of aryl methyl sites for hydroxylation is 2. The molecule has 0 aromatic heterocycles. The van der Waals surface area contributed by atoms with E-state index in [1.165, 1.54) is 28.8 Å². The molecule has 0 bridgehead atoms. The highest BCUT2D eigenvalue weighted by atomic mass is 35.5. The summed E-state index contributed by atoms with van der Waals surface area (Å²) < 4.78 is 0. The Hall–Kier alpha value is -1.67. The third-order valence-electron chi connectivity index (χ3n) is 4.01. The Balaban J connectivity index is 1.97. The summed E-state index contributed by atoms with van der Waals surface area (Å²) in [5.41, 5.74) is 11.8. The van der Waals surface area contributed by atoms with Crippen molar-refractivity contribution in [2.24, 2.45) is 0 Å². The van der Waals surface area contributed by atoms with Crippen LogP contribution in [0.2, 0.25) is 5.02 Å². The quantitative estimate of drug-likeness (QED) is 0.797. The van der Waals surface area contributed by atoms with Gasteiger partial charge in [-0.3, -0.25) is 0 Å². The van der Waals surface area contributed by atoms with E-state index >= 15 is 0 Å². The average molecular weight is 287 g/mol. The van der Waals surface area contributed by atoms with Crippen LogP contribution in [0.1, 0.15) is 23.1 Å². The molecule has 0 saturated heterocycles. The Morgan fingerprint density at radius 2 is 1.90 bits per heavy atom. The van der Waals surface area contributed by atoms with Crippen molar-refractivity contribution in [3.8, 4) is 0 Å². The molecule has 0 amide bonds. The van der Waals surface area contributed by atoms with E-state index in [2.05, 4.69) is 36.1 Å². The zero-order valence-electron chi connectivity index (χ0n) is 11.7. The van der Waals surface area contributed by atoms with Crippen LogP contribution in [0.3, 0.4) is 0 Å². The maximum atomic E-state index is 6.19. The number of rotatable bonds is 1. The van der Waals surface area contributed by atoms with Crippen LogP contribution in [0.5, 0.6) is 0 Å². The van der Waals surface area contributed by atoms with Gasteiger partial charge in [-0.15, -0.1) is 0 Å². The molecule has 0 aliphatic carbocycles. The first kappa shape index (κ1) is 13.3. The maximum Gasteiger partial charge on any atom is 0.0656 e. The number of nitrogens with two attached hydrogens (primary N) is 1. The second-order valence-corrected chi connectivity index (χ2v) is 5.86. The van der Waals surface area contributed by atoms with Gasteiger partial charge in [0.15, 0.2) is 0 Å². The van der Waals surface area contributed by atoms with Gasteiger partial charge in [-0.2, -0.15) is 0 Å². The Morgan fingerprint density at radius 3 is 2.70 bits per heavy atom. The molecular formula is C17H19ClN2. The summed E-state index contributed by atoms with van der Waals surface area (Å²) in [5, 5.41) is 0.642. The molecule has 1 aliphatic rings. The molecule has 2 N–H and O–H groups in total. The van der Waals surface area contributed by atoms with Crippen LogP contribution in [-0.2, 0) is 13.0 Å². The lowest BCUT2D eigenvalue weighted by Crippen LogP contribution is -2.23. The fraction of sp³-hybridized carbons (Fsp3) is 0.294. The Kier molecular flexibility index (Phi) is 3.58. The number of hydrogen-bond donors (Lipinski definition) is 1. The summed E-state index contributed by atoms with van der Waals surface area (Å²) in [6.07, 6.45) is 2.31. The van der Waals surface area contributed by atoms with Crippen molar-refractivity contribution < 1.29 is 0 Å². The van der Waals surface area contributed by atoms with E-state index in [1.54, 1.807) is 0 Å². The lowest BCUT2D eigenvalue weighted by Gasteiger charge is -2.25. The second-order valence-electron chi connectivity index (χ2n) is 5.45. The number of hydrogen-bond acceptors (Lipinski definition) is 2.